The van der Waals surface area contributed by atoms with E-state index < -0.39 is 58.1 Å². The number of aromatic nitrogens is 2. The van der Waals surface area contributed by atoms with E-state index in [4.69, 9.17) is 0 Å². The van der Waals surface area contributed by atoms with E-state index in [9.17, 15) is 39.0 Å². The molecule has 0 saturated heterocycles. The monoisotopic (exact) mass is 442 g/mol. The first kappa shape index (κ1) is 23.1. The third kappa shape index (κ3) is 3.26. The van der Waals surface area contributed by atoms with Gasteiger partial charge in [0.05, 0.1) is 45.6 Å². The number of carboxylic acid groups (broad SMARTS) is 2. The summed E-state index contributed by atoms with van der Waals surface area (Å²) in [5.74, 6) is -4.37. The lowest BCUT2D eigenvalue weighted by atomic mass is 9.99. The number of fused-ring (bicyclic) bond motifs is 2. The van der Waals surface area contributed by atoms with E-state index in [1.54, 1.807) is 27.7 Å². The van der Waals surface area contributed by atoms with Gasteiger partial charge in [0.25, 0.3) is 22.2 Å². The smallest absolute Gasteiger partial charge is 0.262 e. The van der Waals surface area contributed by atoms with Crippen LogP contribution >= 0.6 is 0 Å². The van der Waals surface area contributed by atoms with E-state index in [0.29, 0.717) is 22.0 Å². The highest BCUT2D eigenvalue weighted by atomic mass is 16.4. The van der Waals surface area contributed by atoms with Gasteiger partial charge in [-0.1, -0.05) is 40.5 Å². The molecule has 2 aromatic heterocycles. The SMILES string of the molecule is CCC(C)[C@H](C(=O)[O-])n1c(=O)c2cc3c(=O)n([C@@H](C(=O)[O-])C(C)CC)c(=O)c3cc2c1=O. The summed E-state index contributed by atoms with van der Waals surface area (Å²) >= 11 is 0. The summed E-state index contributed by atoms with van der Waals surface area (Å²) in [4.78, 5) is 75.1. The highest BCUT2D eigenvalue weighted by Gasteiger charge is 2.29. The van der Waals surface area contributed by atoms with Gasteiger partial charge in [-0.2, -0.15) is 0 Å². The van der Waals surface area contributed by atoms with Crippen molar-refractivity contribution in [1.82, 2.24) is 9.13 Å². The summed E-state index contributed by atoms with van der Waals surface area (Å²) in [6.45, 7) is 6.52. The summed E-state index contributed by atoms with van der Waals surface area (Å²) in [6.07, 6.45) is 0.712. The topological polar surface area (TPSA) is 158 Å². The molecule has 2 unspecified atom stereocenters. The van der Waals surface area contributed by atoms with Crippen molar-refractivity contribution in [3.8, 4) is 0 Å². The molecular weight excluding hydrogens is 420 g/mol. The van der Waals surface area contributed by atoms with E-state index in [0.717, 1.165) is 12.1 Å². The molecule has 0 amide bonds. The average Bonchev–Trinajstić information content (AvgIpc) is 3.12. The van der Waals surface area contributed by atoms with Crippen LogP contribution in [0.2, 0.25) is 0 Å². The number of hydrogen-bond donors (Lipinski definition) is 0. The van der Waals surface area contributed by atoms with Gasteiger partial charge in [0.15, 0.2) is 0 Å². The summed E-state index contributed by atoms with van der Waals surface area (Å²) < 4.78 is 1.17. The molecule has 0 aliphatic heterocycles. The molecule has 0 radical (unpaired) electrons. The molecule has 0 fully saturated rings. The lowest BCUT2D eigenvalue weighted by Gasteiger charge is -2.24. The fourth-order valence-electron chi connectivity index (χ4n) is 4.15. The third-order valence-corrected chi connectivity index (χ3v) is 6.36. The Morgan fingerprint density at radius 2 is 0.938 bits per heavy atom. The van der Waals surface area contributed by atoms with Gasteiger partial charge in [-0.3, -0.25) is 28.3 Å². The van der Waals surface area contributed by atoms with E-state index in [-0.39, 0.29) is 21.5 Å². The molecule has 10 heteroatoms. The van der Waals surface area contributed by atoms with Crippen molar-refractivity contribution in [3.05, 3.63) is 53.5 Å². The van der Waals surface area contributed by atoms with Crippen molar-refractivity contribution in [1.29, 1.82) is 0 Å². The van der Waals surface area contributed by atoms with Crippen LogP contribution in [0.1, 0.15) is 52.6 Å². The molecule has 170 valence electrons. The molecule has 3 rings (SSSR count). The number of carbonyl (C=O) groups is 2. The largest absolute Gasteiger partial charge is 0.548 e. The highest BCUT2D eigenvalue weighted by molar-refractivity contribution is 5.98. The minimum atomic E-state index is -1.59. The lowest BCUT2D eigenvalue weighted by Crippen LogP contribution is -2.44. The van der Waals surface area contributed by atoms with Gasteiger partial charge in [0.2, 0.25) is 0 Å². The molecule has 0 aliphatic carbocycles. The highest BCUT2D eigenvalue weighted by Crippen LogP contribution is 2.23. The second-order valence-corrected chi connectivity index (χ2v) is 8.20. The number of hydrogen-bond acceptors (Lipinski definition) is 8. The van der Waals surface area contributed by atoms with Crippen LogP contribution in [0.3, 0.4) is 0 Å². The number of benzene rings is 1. The molecule has 10 nitrogen and oxygen atoms in total. The average molecular weight is 442 g/mol. The Labute approximate surface area is 181 Å². The zero-order valence-corrected chi connectivity index (χ0v) is 18.0. The first-order chi connectivity index (χ1) is 15.0. The Bertz CT molecular complexity index is 1250. The van der Waals surface area contributed by atoms with Crippen molar-refractivity contribution < 1.29 is 19.8 Å². The molecule has 0 bridgehead atoms. The fourth-order valence-corrected chi connectivity index (χ4v) is 4.15. The maximum atomic E-state index is 12.9. The Balaban J connectivity index is 2.40. The molecule has 32 heavy (non-hydrogen) atoms. The molecule has 3 aromatic rings. The van der Waals surface area contributed by atoms with Gasteiger partial charge < -0.3 is 19.8 Å². The van der Waals surface area contributed by atoms with Crippen LogP contribution in [-0.4, -0.2) is 21.1 Å². The molecule has 0 saturated carbocycles. The zero-order valence-electron chi connectivity index (χ0n) is 18.0. The van der Waals surface area contributed by atoms with Crippen LogP contribution in [-0.2, 0) is 9.59 Å². The van der Waals surface area contributed by atoms with Crippen molar-refractivity contribution in [2.45, 2.75) is 52.6 Å². The fraction of sp³-hybridized carbons (Fsp3) is 0.455. The predicted octanol–water partition coefficient (Wildman–Crippen LogP) is -1.41. The van der Waals surface area contributed by atoms with E-state index in [1.165, 1.54) is 0 Å². The summed E-state index contributed by atoms with van der Waals surface area (Å²) in [6, 6.07) is -0.926. The minimum absolute atomic E-state index is 0.222. The van der Waals surface area contributed by atoms with E-state index in [2.05, 4.69) is 0 Å². The number of carboxylic acids is 2. The molecule has 2 heterocycles. The van der Waals surface area contributed by atoms with Gasteiger partial charge in [0.1, 0.15) is 0 Å². The minimum Gasteiger partial charge on any atom is -0.548 e. The van der Waals surface area contributed by atoms with E-state index in [1.807, 2.05) is 0 Å². The number of rotatable bonds is 8. The second kappa shape index (κ2) is 8.18. The molecule has 1 aromatic carbocycles. The summed E-state index contributed by atoms with van der Waals surface area (Å²) in [5.41, 5.74) is -3.67. The standard InChI is InChI=1S/C22H24N2O8/c1-5-9(3)15(21(29)30)23-17(25)11-7-13-14(8-12(11)18(23)26)20(28)24(19(13)27)16(22(31)32)10(4)6-2/h7-10,15-16H,5-6H2,1-4H3,(H,29,30)(H,31,32)/p-2/t9?,10?,15-,16-/m1/s1. The summed E-state index contributed by atoms with van der Waals surface area (Å²) in [5, 5.41) is 22.5. The first-order valence-corrected chi connectivity index (χ1v) is 10.3. The summed E-state index contributed by atoms with van der Waals surface area (Å²) in [7, 11) is 0. The number of carbonyl (C=O) groups excluding carboxylic acids is 2. The van der Waals surface area contributed by atoms with Gasteiger partial charge in [0, 0.05) is 0 Å². The van der Waals surface area contributed by atoms with Crippen LogP contribution in [0.4, 0.5) is 0 Å². The van der Waals surface area contributed by atoms with Crippen LogP contribution in [0, 0.1) is 11.8 Å². The second-order valence-electron chi connectivity index (χ2n) is 8.20. The number of aliphatic carboxylic acids is 2. The Morgan fingerprint density at radius 1 is 0.688 bits per heavy atom. The van der Waals surface area contributed by atoms with Gasteiger partial charge in [-0.15, -0.1) is 0 Å². The zero-order chi connectivity index (χ0) is 24.1. The van der Waals surface area contributed by atoms with Gasteiger partial charge in [-0.05, 0) is 24.0 Å². The molecule has 4 atom stereocenters. The predicted molar refractivity (Wildman–Crippen MR) is 112 cm³/mol. The first-order valence-electron chi connectivity index (χ1n) is 10.3. The maximum absolute atomic E-state index is 12.9. The Hall–Kier alpha value is -3.56. The Kier molecular flexibility index (Phi) is 5.90. The molecular formula is C22H22N2O8-2. The van der Waals surface area contributed by atoms with Crippen molar-refractivity contribution >= 4 is 33.5 Å². The maximum Gasteiger partial charge on any atom is 0.262 e. The quantitative estimate of drug-likeness (QED) is 0.411. The number of nitrogens with zero attached hydrogens (tertiary/aromatic N) is 2. The van der Waals surface area contributed by atoms with Gasteiger partial charge in [-0.25, -0.2) is 0 Å². The van der Waals surface area contributed by atoms with Crippen LogP contribution < -0.4 is 32.5 Å². The molecule has 0 spiro atoms. The van der Waals surface area contributed by atoms with Crippen molar-refractivity contribution in [3.63, 3.8) is 0 Å². The van der Waals surface area contributed by atoms with Gasteiger partial charge >= 0.3 is 0 Å². The third-order valence-electron chi connectivity index (χ3n) is 6.36. The lowest BCUT2D eigenvalue weighted by molar-refractivity contribution is -0.313. The van der Waals surface area contributed by atoms with E-state index >= 15 is 0 Å². The van der Waals surface area contributed by atoms with Crippen LogP contribution in [0.15, 0.2) is 31.3 Å². The van der Waals surface area contributed by atoms with Crippen LogP contribution in [0.25, 0.3) is 21.5 Å². The van der Waals surface area contributed by atoms with Crippen molar-refractivity contribution in [2.75, 3.05) is 0 Å². The molecule has 0 aliphatic rings. The normalized spacial score (nSPS) is 15.6. The van der Waals surface area contributed by atoms with Crippen LogP contribution in [0.5, 0.6) is 0 Å². The van der Waals surface area contributed by atoms with Crippen molar-refractivity contribution in [2.24, 2.45) is 11.8 Å². The Morgan fingerprint density at radius 3 is 1.12 bits per heavy atom. The molecule has 0 N–H and O–H groups in total.